The molecule has 3 heterocycles. The highest BCUT2D eigenvalue weighted by Gasteiger charge is 2.19. The van der Waals surface area contributed by atoms with E-state index in [4.69, 9.17) is 4.42 Å². The maximum atomic E-state index is 9.27. The molecule has 1 N–H and O–H groups in total. The Labute approximate surface area is 298 Å². The Balaban J connectivity index is 1.20. The molecule has 11 aromatic rings. The van der Waals surface area contributed by atoms with Crippen LogP contribution in [0, 0.1) is 5.41 Å². The Morgan fingerprint density at radius 2 is 1.02 bits per heavy atom. The molecule has 0 fully saturated rings. The predicted molar refractivity (Wildman–Crippen MR) is 215 cm³/mol. The average molecular weight is 664 g/mol. The average Bonchev–Trinajstić information content (AvgIpc) is 3.56. The van der Waals surface area contributed by atoms with Gasteiger partial charge in [-0.15, -0.1) is 0 Å². The van der Waals surface area contributed by atoms with Gasteiger partial charge in [0, 0.05) is 45.0 Å². The standard InChI is InChI=1S/C48H29N3O/c49-48-39-17-9-4-12-34(39)40-24-30(18-20-43(40)51(48)33-10-2-1-3-11-33)46-35-13-5-7-15-37(35)47(38-16-8-6-14-36(38)46)31-19-21-44-41(25-31)42-26-32-28-50-23-22-29(32)27-45(42)52-44/h1-28,49H. The van der Waals surface area contributed by atoms with Gasteiger partial charge in [0.1, 0.15) is 16.7 Å². The van der Waals surface area contributed by atoms with E-state index in [2.05, 4.69) is 137 Å². The summed E-state index contributed by atoms with van der Waals surface area (Å²) in [7, 11) is 0. The van der Waals surface area contributed by atoms with Crippen LogP contribution in [0.4, 0.5) is 0 Å². The van der Waals surface area contributed by atoms with Gasteiger partial charge >= 0.3 is 0 Å². The van der Waals surface area contributed by atoms with Crippen molar-refractivity contribution in [2.24, 2.45) is 0 Å². The lowest BCUT2D eigenvalue weighted by Gasteiger charge is -2.19. The Morgan fingerprint density at radius 3 is 1.71 bits per heavy atom. The number of pyridine rings is 2. The van der Waals surface area contributed by atoms with Crippen molar-refractivity contribution in [2.75, 3.05) is 0 Å². The first-order valence-electron chi connectivity index (χ1n) is 17.5. The Bertz CT molecular complexity index is 3260. The third-order valence-corrected chi connectivity index (χ3v) is 10.7. The van der Waals surface area contributed by atoms with E-state index in [1.54, 1.807) is 0 Å². The second-order valence-corrected chi connectivity index (χ2v) is 13.5. The van der Waals surface area contributed by atoms with Crippen molar-refractivity contribution in [3.8, 4) is 27.9 Å². The molecule has 0 atom stereocenters. The van der Waals surface area contributed by atoms with Crippen molar-refractivity contribution in [3.63, 3.8) is 0 Å². The van der Waals surface area contributed by atoms with Crippen LogP contribution in [-0.4, -0.2) is 9.55 Å². The van der Waals surface area contributed by atoms with E-state index in [-0.39, 0.29) is 0 Å². The van der Waals surface area contributed by atoms with Crippen LogP contribution in [0.15, 0.2) is 175 Å². The number of rotatable bonds is 3. The fourth-order valence-corrected chi connectivity index (χ4v) is 8.38. The van der Waals surface area contributed by atoms with Crippen LogP contribution in [0.3, 0.4) is 0 Å². The number of nitrogens with zero attached hydrogens (tertiary/aromatic N) is 2. The third kappa shape index (κ3) is 4.15. The molecule has 52 heavy (non-hydrogen) atoms. The summed E-state index contributed by atoms with van der Waals surface area (Å²) in [6.07, 6.45) is 3.74. The molecule has 4 nitrogen and oxygen atoms in total. The van der Waals surface area contributed by atoms with E-state index in [0.717, 1.165) is 71.2 Å². The number of fused-ring (bicyclic) bond motifs is 9. The van der Waals surface area contributed by atoms with Crippen LogP contribution in [0.5, 0.6) is 0 Å². The van der Waals surface area contributed by atoms with Gasteiger partial charge in [-0.25, -0.2) is 0 Å². The van der Waals surface area contributed by atoms with Gasteiger partial charge in [0.05, 0.1) is 5.52 Å². The maximum absolute atomic E-state index is 9.27. The second-order valence-electron chi connectivity index (χ2n) is 13.5. The van der Waals surface area contributed by atoms with Gasteiger partial charge in [0.25, 0.3) is 0 Å². The highest BCUT2D eigenvalue weighted by Crippen LogP contribution is 2.45. The number of hydrogen-bond acceptors (Lipinski definition) is 3. The number of nitrogens with one attached hydrogen (secondary N) is 1. The lowest BCUT2D eigenvalue weighted by molar-refractivity contribution is 0.669. The normalized spacial score (nSPS) is 11.9. The topological polar surface area (TPSA) is 54.8 Å². The first-order valence-corrected chi connectivity index (χ1v) is 17.5. The molecule has 242 valence electrons. The molecule has 0 aliphatic carbocycles. The molecule has 0 radical (unpaired) electrons. The Kier molecular flexibility index (Phi) is 6.07. The summed E-state index contributed by atoms with van der Waals surface area (Å²) in [5.74, 6) is 0. The quantitative estimate of drug-likeness (QED) is 0.151. The zero-order chi connectivity index (χ0) is 34.3. The third-order valence-electron chi connectivity index (χ3n) is 10.7. The summed E-state index contributed by atoms with van der Waals surface area (Å²) in [4.78, 5) is 4.36. The lowest BCUT2D eigenvalue weighted by Crippen LogP contribution is -2.19. The fraction of sp³-hybridized carbons (Fsp3) is 0. The molecule has 0 spiro atoms. The van der Waals surface area contributed by atoms with Crippen molar-refractivity contribution in [2.45, 2.75) is 0 Å². The minimum Gasteiger partial charge on any atom is -0.456 e. The van der Waals surface area contributed by atoms with Crippen molar-refractivity contribution in [1.29, 1.82) is 5.41 Å². The van der Waals surface area contributed by atoms with E-state index in [1.165, 1.54) is 32.7 Å². The molecular formula is C48H29N3O. The molecule has 0 saturated heterocycles. The number of furan rings is 1. The summed E-state index contributed by atoms with van der Waals surface area (Å²) >= 11 is 0. The van der Waals surface area contributed by atoms with Gasteiger partial charge in [-0.3, -0.25) is 15.0 Å². The van der Waals surface area contributed by atoms with E-state index >= 15 is 0 Å². The summed E-state index contributed by atoms with van der Waals surface area (Å²) in [6, 6.07) is 55.8. The van der Waals surface area contributed by atoms with Crippen LogP contribution < -0.4 is 5.49 Å². The van der Waals surface area contributed by atoms with Crippen LogP contribution in [0.2, 0.25) is 0 Å². The predicted octanol–water partition coefficient (Wildman–Crippen LogP) is 12.4. The van der Waals surface area contributed by atoms with Crippen LogP contribution in [0.1, 0.15) is 0 Å². The van der Waals surface area contributed by atoms with Crippen molar-refractivity contribution in [3.05, 3.63) is 176 Å². The van der Waals surface area contributed by atoms with Gasteiger partial charge in [-0.2, -0.15) is 0 Å². The summed E-state index contributed by atoms with van der Waals surface area (Å²) in [5, 5.41) is 21.6. The molecule has 0 aliphatic heterocycles. The SMILES string of the molecule is N=c1c2ccccc2c2cc(-c3c4ccccc4c(-c4ccc5oc6cc7ccncc7cc6c5c4)c4ccccc34)ccc2n1-c1ccccc1. The molecule has 3 aromatic heterocycles. The van der Waals surface area contributed by atoms with Crippen LogP contribution in [0.25, 0.3) is 104 Å². The summed E-state index contributed by atoms with van der Waals surface area (Å²) in [6.45, 7) is 0. The minimum absolute atomic E-state index is 0.481. The molecule has 0 unspecified atom stereocenters. The van der Waals surface area contributed by atoms with E-state index in [1.807, 2.05) is 42.7 Å². The van der Waals surface area contributed by atoms with Gasteiger partial charge in [-0.1, -0.05) is 103 Å². The highest BCUT2D eigenvalue weighted by molar-refractivity contribution is 6.23. The van der Waals surface area contributed by atoms with Crippen LogP contribution in [-0.2, 0) is 0 Å². The first kappa shape index (κ1) is 28.8. The number of para-hydroxylation sites is 1. The number of benzene rings is 8. The van der Waals surface area contributed by atoms with Gasteiger partial charge in [0.15, 0.2) is 0 Å². The Morgan fingerprint density at radius 1 is 0.442 bits per heavy atom. The van der Waals surface area contributed by atoms with E-state index in [9.17, 15) is 5.41 Å². The zero-order valence-corrected chi connectivity index (χ0v) is 28.0. The van der Waals surface area contributed by atoms with Crippen molar-refractivity contribution >= 4 is 75.9 Å². The van der Waals surface area contributed by atoms with Crippen molar-refractivity contribution in [1.82, 2.24) is 9.55 Å². The molecule has 8 aromatic carbocycles. The Hall–Kier alpha value is -7.04. The maximum Gasteiger partial charge on any atom is 0.137 e. The zero-order valence-electron chi connectivity index (χ0n) is 28.0. The monoisotopic (exact) mass is 663 g/mol. The smallest absolute Gasteiger partial charge is 0.137 e. The van der Waals surface area contributed by atoms with Crippen molar-refractivity contribution < 1.29 is 4.42 Å². The summed E-state index contributed by atoms with van der Waals surface area (Å²) < 4.78 is 8.44. The molecule has 11 rings (SSSR count). The lowest BCUT2D eigenvalue weighted by atomic mass is 9.85. The van der Waals surface area contributed by atoms with E-state index in [0.29, 0.717) is 5.49 Å². The highest BCUT2D eigenvalue weighted by atomic mass is 16.3. The molecule has 0 amide bonds. The van der Waals surface area contributed by atoms with E-state index < -0.39 is 0 Å². The van der Waals surface area contributed by atoms with Crippen LogP contribution >= 0.6 is 0 Å². The molecule has 0 saturated carbocycles. The largest absolute Gasteiger partial charge is 0.456 e. The number of hydrogen-bond donors (Lipinski definition) is 1. The second kappa shape index (κ2) is 11.0. The minimum atomic E-state index is 0.481. The van der Waals surface area contributed by atoms with Gasteiger partial charge in [-0.05, 0) is 109 Å². The van der Waals surface area contributed by atoms with Gasteiger partial charge in [0.2, 0.25) is 0 Å². The summed E-state index contributed by atoms with van der Waals surface area (Å²) in [5.41, 5.74) is 8.93. The first-order chi connectivity index (χ1) is 25.7. The molecule has 4 heteroatoms. The fourth-order valence-electron chi connectivity index (χ4n) is 8.38. The molecular weight excluding hydrogens is 635 g/mol. The molecule has 0 bridgehead atoms. The van der Waals surface area contributed by atoms with Gasteiger partial charge < -0.3 is 4.42 Å². The number of aromatic nitrogens is 2. The molecule has 0 aliphatic rings.